The van der Waals surface area contributed by atoms with Crippen LogP contribution in [-0.2, 0) is 10.2 Å². The minimum atomic E-state index is -0.0675. The Labute approximate surface area is 150 Å². The van der Waals surface area contributed by atoms with Gasteiger partial charge in [0.1, 0.15) is 0 Å². The number of rotatable bonds is 5. The Morgan fingerprint density at radius 1 is 1.25 bits per heavy atom. The van der Waals surface area contributed by atoms with E-state index in [1.165, 1.54) is 12.0 Å². The zero-order valence-corrected chi connectivity index (χ0v) is 15.5. The molecule has 1 aliphatic heterocycles. The lowest BCUT2D eigenvalue weighted by atomic mass is 9.64. The van der Waals surface area contributed by atoms with Crippen molar-refractivity contribution in [2.45, 2.75) is 37.6 Å². The fourth-order valence-corrected chi connectivity index (χ4v) is 4.15. The Bertz CT molecular complexity index is 580. The molecule has 1 heterocycles. The fraction of sp³-hybridized carbons (Fsp3) is 0.632. The molecule has 1 saturated heterocycles. The van der Waals surface area contributed by atoms with Crippen molar-refractivity contribution in [3.63, 3.8) is 0 Å². The van der Waals surface area contributed by atoms with Crippen molar-refractivity contribution >= 4 is 17.5 Å². The monoisotopic (exact) mass is 349 g/mol. The summed E-state index contributed by atoms with van der Waals surface area (Å²) in [6, 6.07) is 7.99. The molecule has 3 rings (SSSR count). The van der Waals surface area contributed by atoms with Gasteiger partial charge in [-0.25, -0.2) is 0 Å². The average molecular weight is 350 g/mol. The standard InChI is InChI=1S/C19H28ClN3O/c1-15(23-12-10-22(2)11-13-23)18(24)21-14-19(8-5-9-19)16-6-3-4-7-17(16)20/h3-4,6-7,15H,5,8-14H2,1-2H3,(H,21,24)/t15-/m0/s1. The van der Waals surface area contributed by atoms with Gasteiger partial charge in [0.2, 0.25) is 5.91 Å². The summed E-state index contributed by atoms with van der Waals surface area (Å²) in [6.45, 7) is 6.68. The maximum absolute atomic E-state index is 12.6. The minimum Gasteiger partial charge on any atom is -0.354 e. The zero-order valence-electron chi connectivity index (χ0n) is 14.7. The van der Waals surface area contributed by atoms with Crippen LogP contribution in [0, 0.1) is 0 Å². The molecule has 0 unspecified atom stereocenters. The van der Waals surface area contributed by atoms with Crippen molar-refractivity contribution in [3.8, 4) is 0 Å². The number of likely N-dealkylation sites (N-methyl/N-ethyl adjacent to an activating group) is 1. The molecule has 5 heteroatoms. The summed E-state index contributed by atoms with van der Waals surface area (Å²) in [5.41, 5.74) is 1.21. The maximum atomic E-state index is 12.6. The Balaban J connectivity index is 1.59. The van der Waals surface area contributed by atoms with E-state index >= 15 is 0 Å². The van der Waals surface area contributed by atoms with Crippen LogP contribution in [0.2, 0.25) is 5.02 Å². The summed E-state index contributed by atoms with van der Waals surface area (Å²) in [7, 11) is 2.13. The van der Waals surface area contributed by atoms with Crippen molar-refractivity contribution in [2.24, 2.45) is 0 Å². The number of halogens is 1. The van der Waals surface area contributed by atoms with Gasteiger partial charge in [-0.05, 0) is 38.4 Å². The number of carbonyl (C=O) groups is 1. The molecule has 1 atom stereocenters. The highest BCUT2D eigenvalue weighted by Gasteiger charge is 2.40. The summed E-state index contributed by atoms with van der Waals surface area (Å²) >= 11 is 6.41. The first-order chi connectivity index (χ1) is 11.5. The molecule has 1 amide bonds. The number of amides is 1. The van der Waals surface area contributed by atoms with E-state index in [4.69, 9.17) is 11.6 Å². The van der Waals surface area contributed by atoms with E-state index in [0.29, 0.717) is 6.54 Å². The van der Waals surface area contributed by atoms with Crippen molar-refractivity contribution in [3.05, 3.63) is 34.9 Å². The van der Waals surface area contributed by atoms with Crippen molar-refractivity contribution < 1.29 is 4.79 Å². The van der Waals surface area contributed by atoms with Crippen LogP contribution < -0.4 is 5.32 Å². The van der Waals surface area contributed by atoms with Crippen LogP contribution in [-0.4, -0.2) is 61.5 Å². The SMILES string of the molecule is C[C@@H](C(=O)NCC1(c2ccccc2Cl)CCC1)N1CCN(C)CC1. The van der Waals surface area contributed by atoms with Crippen molar-refractivity contribution in [2.75, 3.05) is 39.8 Å². The Kier molecular flexibility index (Phi) is 5.48. The smallest absolute Gasteiger partial charge is 0.237 e. The van der Waals surface area contributed by atoms with Crippen molar-refractivity contribution in [1.29, 1.82) is 0 Å². The molecule has 1 aromatic carbocycles. The van der Waals surface area contributed by atoms with Gasteiger partial charge in [-0.1, -0.05) is 36.2 Å². The molecule has 132 valence electrons. The van der Waals surface area contributed by atoms with Gasteiger partial charge in [0.15, 0.2) is 0 Å². The highest BCUT2D eigenvalue weighted by Crippen LogP contribution is 2.45. The predicted octanol–water partition coefficient (Wildman–Crippen LogP) is 2.51. The molecule has 0 bridgehead atoms. The molecule has 1 N–H and O–H groups in total. The molecule has 2 aliphatic rings. The third-order valence-electron chi connectivity index (χ3n) is 5.82. The van der Waals surface area contributed by atoms with Gasteiger partial charge < -0.3 is 10.2 Å². The molecule has 0 radical (unpaired) electrons. The first-order valence-electron chi connectivity index (χ1n) is 8.97. The van der Waals surface area contributed by atoms with E-state index in [-0.39, 0.29) is 17.4 Å². The number of piperazine rings is 1. The van der Waals surface area contributed by atoms with E-state index in [2.05, 4.69) is 28.2 Å². The van der Waals surface area contributed by atoms with Crippen LogP contribution in [0.5, 0.6) is 0 Å². The average Bonchev–Trinajstić information content (AvgIpc) is 2.55. The molecule has 4 nitrogen and oxygen atoms in total. The number of nitrogens with zero attached hydrogens (tertiary/aromatic N) is 2. The minimum absolute atomic E-state index is 0.0237. The summed E-state index contributed by atoms with van der Waals surface area (Å²) in [6.07, 6.45) is 3.40. The second-order valence-electron chi connectivity index (χ2n) is 7.35. The molecular formula is C19H28ClN3O. The topological polar surface area (TPSA) is 35.6 Å². The summed E-state index contributed by atoms with van der Waals surface area (Å²) in [5, 5.41) is 4.02. The van der Waals surface area contributed by atoms with Gasteiger partial charge in [0.05, 0.1) is 6.04 Å². The maximum Gasteiger partial charge on any atom is 0.237 e. The molecule has 0 aromatic heterocycles. The number of hydrogen-bond donors (Lipinski definition) is 1. The van der Waals surface area contributed by atoms with E-state index in [0.717, 1.165) is 44.0 Å². The van der Waals surface area contributed by atoms with Gasteiger partial charge in [-0.3, -0.25) is 9.69 Å². The van der Waals surface area contributed by atoms with Crippen LogP contribution in [0.1, 0.15) is 31.7 Å². The molecule has 2 fully saturated rings. The molecule has 0 spiro atoms. The second kappa shape index (κ2) is 7.42. The third kappa shape index (κ3) is 3.61. The molecule has 1 aliphatic carbocycles. The van der Waals surface area contributed by atoms with E-state index in [1.807, 2.05) is 25.1 Å². The Morgan fingerprint density at radius 2 is 1.92 bits per heavy atom. The fourth-order valence-electron chi connectivity index (χ4n) is 3.82. The van der Waals surface area contributed by atoms with Crippen LogP contribution >= 0.6 is 11.6 Å². The number of benzene rings is 1. The van der Waals surface area contributed by atoms with Gasteiger partial charge in [-0.2, -0.15) is 0 Å². The lowest BCUT2D eigenvalue weighted by Crippen LogP contribution is -2.55. The second-order valence-corrected chi connectivity index (χ2v) is 7.75. The lowest BCUT2D eigenvalue weighted by Gasteiger charge is -2.43. The molecule has 24 heavy (non-hydrogen) atoms. The quantitative estimate of drug-likeness (QED) is 0.887. The predicted molar refractivity (Wildman–Crippen MR) is 98.5 cm³/mol. The van der Waals surface area contributed by atoms with Gasteiger partial charge >= 0.3 is 0 Å². The van der Waals surface area contributed by atoms with Crippen molar-refractivity contribution in [1.82, 2.24) is 15.1 Å². The van der Waals surface area contributed by atoms with Gasteiger partial charge in [0, 0.05) is 43.2 Å². The molecular weight excluding hydrogens is 322 g/mol. The summed E-state index contributed by atoms with van der Waals surface area (Å²) in [5.74, 6) is 0.137. The van der Waals surface area contributed by atoms with Crippen LogP contribution in [0.15, 0.2) is 24.3 Å². The van der Waals surface area contributed by atoms with Crippen LogP contribution in [0.3, 0.4) is 0 Å². The summed E-state index contributed by atoms with van der Waals surface area (Å²) in [4.78, 5) is 17.2. The van der Waals surface area contributed by atoms with E-state index in [1.54, 1.807) is 0 Å². The van der Waals surface area contributed by atoms with E-state index < -0.39 is 0 Å². The lowest BCUT2D eigenvalue weighted by molar-refractivity contribution is -0.127. The first kappa shape index (κ1) is 17.7. The van der Waals surface area contributed by atoms with Crippen LogP contribution in [0.25, 0.3) is 0 Å². The Hall–Kier alpha value is -1.10. The first-order valence-corrected chi connectivity index (χ1v) is 9.35. The third-order valence-corrected chi connectivity index (χ3v) is 6.15. The highest BCUT2D eigenvalue weighted by atomic mass is 35.5. The largest absolute Gasteiger partial charge is 0.354 e. The molecule has 1 aromatic rings. The normalized spacial score (nSPS) is 22.6. The molecule has 1 saturated carbocycles. The van der Waals surface area contributed by atoms with E-state index in [9.17, 15) is 4.79 Å². The number of hydrogen-bond acceptors (Lipinski definition) is 3. The number of nitrogens with one attached hydrogen (secondary N) is 1. The zero-order chi connectivity index (χ0) is 17.2. The van der Waals surface area contributed by atoms with Gasteiger partial charge in [0.25, 0.3) is 0 Å². The number of carbonyl (C=O) groups excluding carboxylic acids is 1. The summed E-state index contributed by atoms with van der Waals surface area (Å²) < 4.78 is 0. The van der Waals surface area contributed by atoms with Crippen LogP contribution in [0.4, 0.5) is 0 Å². The highest BCUT2D eigenvalue weighted by molar-refractivity contribution is 6.31. The Morgan fingerprint density at radius 3 is 2.50 bits per heavy atom. The van der Waals surface area contributed by atoms with Gasteiger partial charge in [-0.15, -0.1) is 0 Å².